The van der Waals surface area contributed by atoms with Crippen LogP contribution in [0.1, 0.15) is 18.2 Å². The number of halogens is 3. The van der Waals surface area contributed by atoms with Crippen LogP contribution in [0.25, 0.3) is 0 Å². The fourth-order valence-corrected chi connectivity index (χ4v) is 2.30. The number of hydrogen-bond acceptors (Lipinski definition) is 2. The Kier molecular flexibility index (Phi) is 4.92. The van der Waals surface area contributed by atoms with E-state index in [9.17, 15) is 0 Å². The van der Waals surface area contributed by atoms with Gasteiger partial charge in [-0.2, -0.15) is 0 Å². The van der Waals surface area contributed by atoms with Gasteiger partial charge in [0.05, 0.1) is 0 Å². The molecule has 2 rings (SSSR count). The minimum Gasteiger partial charge on any atom is -0.439 e. The van der Waals surface area contributed by atoms with Gasteiger partial charge in [-0.1, -0.05) is 30.1 Å². The fourth-order valence-electron chi connectivity index (χ4n) is 1.64. The summed E-state index contributed by atoms with van der Waals surface area (Å²) in [5, 5.41) is 1.04. The second kappa shape index (κ2) is 6.47. The first kappa shape index (κ1) is 14.4. The first-order chi connectivity index (χ1) is 9.10. The Hall–Kier alpha value is -0.960. The maximum Gasteiger partial charge on any atom is 0.219 e. The summed E-state index contributed by atoms with van der Waals surface area (Å²) >= 11 is 17.7. The van der Waals surface area contributed by atoms with Crippen LogP contribution in [0.5, 0.6) is 11.6 Å². The van der Waals surface area contributed by atoms with Crippen LogP contribution in [0.4, 0.5) is 0 Å². The van der Waals surface area contributed by atoms with Gasteiger partial charge in [0.1, 0.15) is 5.75 Å². The number of rotatable bonds is 4. The molecule has 2 aromatic rings. The second-order valence-corrected chi connectivity index (χ2v) is 5.14. The average molecular weight is 317 g/mol. The van der Waals surface area contributed by atoms with E-state index in [4.69, 9.17) is 39.5 Å². The van der Waals surface area contributed by atoms with E-state index in [1.807, 2.05) is 13.0 Å². The molecule has 1 aromatic heterocycles. The van der Waals surface area contributed by atoms with Gasteiger partial charge < -0.3 is 4.74 Å². The lowest BCUT2D eigenvalue weighted by molar-refractivity contribution is 0.460. The molecular formula is C14H12Cl3NO. The Labute approximate surface area is 127 Å². The zero-order valence-electron chi connectivity index (χ0n) is 10.3. The Morgan fingerprint density at radius 3 is 2.32 bits per heavy atom. The number of benzene rings is 1. The van der Waals surface area contributed by atoms with Crippen molar-refractivity contribution in [2.24, 2.45) is 0 Å². The minimum atomic E-state index is 0.419. The predicted octanol–water partition coefficient (Wildman–Crippen LogP) is 5.48. The number of alkyl halides is 1. The van der Waals surface area contributed by atoms with Crippen molar-refractivity contribution in [1.82, 2.24) is 4.98 Å². The van der Waals surface area contributed by atoms with Gasteiger partial charge in [-0.15, -0.1) is 11.6 Å². The van der Waals surface area contributed by atoms with E-state index in [0.717, 1.165) is 17.7 Å². The summed E-state index contributed by atoms with van der Waals surface area (Å²) in [5.74, 6) is 1.47. The lowest BCUT2D eigenvalue weighted by Crippen LogP contribution is -1.95. The van der Waals surface area contributed by atoms with E-state index < -0.39 is 0 Å². The minimum absolute atomic E-state index is 0.419. The topological polar surface area (TPSA) is 22.1 Å². The highest BCUT2D eigenvalue weighted by Crippen LogP contribution is 2.28. The molecule has 0 aliphatic rings. The van der Waals surface area contributed by atoms with Crippen LogP contribution in [0, 0.1) is 0 Å². The number of pyridine rings is 1. The van der Waals surface area contributed by atoms with Crippen molar-refractivity contribution in [3.63, 3.8) is 0 Å². The van der Waals surface area contributed by atoms with Gasteiger partial charge in [0, 0.05) is 27.7 Å². The molecule has 0 spiro atoms. The average Bonchev–Trinajstić information content (AvgIpc) is 2.37. The summed E-state index contributed by atoms with van der Waals surface area (Å²) in [6.45, 7) is 2.03. The maximum atomic E-state index is 5.93. The van der Waals surface area contributed by atoms with Gasteiger partial charge in [-0.05, 0) is 36.2 Å². The Bertz CT molecular complexity index is 544. The van der Waals surface area contributed by atoms with Crippen molar-refractivity contribution in [3.8, 4) is 11.6 Å². The van der Waals surface area contributed by atoms with E-state index in [1.54, 1.807) is 24.3 Å². The molecule has 1 aromatic carbocycles. The van der Waals surface area contributed by atoms with Crippen LogP contribution in [0.3, 0.4) is 0 Å². The first-order valence-electron chi connectivity index (χ1n) is 5.80. The number of aryl methyl sites for hydroxylation is 1. The molecule has 0 saturated heterocycles. The standard InChI is InChI=1S/C14H12Cl3NO/c1-2-12-3-9(8-15)4-14(18-12)19-13-6-10(16)5-11(17)7-13/h3-7H,2,8H2,1H3. The third-order valence-electron chi connectivity index (χ3n) is 2.49. The molecular weight excluding hydrogens is 305 g/mol. The van der Waals surface area contributed by atoms with Gasteiger partial charge in [-0.3, -0.25) is 0 Å². The Morgan fingerprint density at radius 1 is 1.05 bits per heavy atom. The SMILES string of the molecule is CCc1cc(CCl)cc(Oc2cc(Cl)cc(Cl)c2)n1. The summed E-state index contributed by atoms with van der Waals surface area (Å²) in [6.07, 6.45) is 0.817. The van der Waals surface area contributed by atoms with Crippen LogP contribution >= 0.6 is 34.8 Å². The molecule has 0 unspecified atom stereocenters. The van der Waals surface area contributed by atoms with Gasteiger partial charge in [-0.25, -0.2) is 4.98 Å². The van der Waals surface area contributed by atoms with Gasteiger partial charge in [0.15, 0.2) is 0 Å². The Morgan fingerprint density at radius 2 is 1.74 bits per heavy atom. The molecule has 0 N–H and O–H groups in total. The number of ether oxygens (including phenoxy) is 1. The summed E-state index contributed by atoms with van der Waals surface area (Å²) < 4.78 is 5.69. The molecule has 0 radical (unpaired) electrons. The zero-order chi connectivity index (χ0) is 13.8. The molecule has 100 valence electrons. The highest BCUT2D eigenvalue weighted by Gasteiger charge is 2.05. The highest BCUT2D eigenvalue weighted by atomic mass is 35.5. The van der Waals surface area contributed by atoms with Crippen molar-refractivity contribution in [2.45, 2.75) is 19.2 Å². The molecule has 0 aliphatic carbocycles. The maximum absolute atomic E-state index is 5.93. The van der Waals surface area contributed by atoms with Crippen LogP contribution in [0.15, 0.2) is 30.3 Å². The van der Waals surface area contributed by atoms with E-state index in [2.05, 4.69) is 4.98 Å². The molecule has 1 heterocycles. The van der Waals surface area contributed by atoms with Crippen LogP contribution in [-0.4, -0.2) is 4.98 Å². The van der Waals surface area contributed by atoms with E-state index >= 15 is 0 Å². The van der Waals surface area contributed by atoms with Crippen molar-refractivity contribution >= 4 is 34.8 Å². The quantitative estimate of drug-likeness (QED) is 0.697. The smallest absolute Gasteiger partial charge is 0.219 e. The molecule has 19 heavy (non-hydrogen) atoms. The van der Waals surface area contributed by atoms with Gasteiger partial charge >= 0.3 is 0 Å². The second-order valence-electron chi connectivity index (χ2n) is 4.00. The monoisotopic (exact) mass is 315 g/mol. The summed E-state index contributed by atoms with van der Waals surface area (Å²) in [5.41, 5.74) is 1.90. The Balaban J connectivity index is 2.31. The van der Waals surface area contributed by atoms with Crippen molar-refractivity contribution in [3.05, 3.63) is 51.6 Å². The molecule has 0 bridgehead atoms. The van der Waals surface area contributed by atoms with Crippen LogP contribution in [-0.2, 0) is 12.3 Å². The summed E-state index contributed by atoms with van der Waals surface area (Å²) in [7, 11) is 0. The van der Waals surface area contributed by atoms with Crippen molar-refractivity contribution < 1.29 is 4.74 Å². The van der Waals surface area contributed by atoms with Gasteiger partial charge in [0.25, 0.3) is 0 Å². The van der Waals surface area contributed by atoms with Crippen molar-refractivity contribution in [1.29, 1.82) is 0 Å². The summed E-state index contributed by atoms with van der Waals surface area (Å²) in [4.78, 5) is 4.39. The number of nitrogens with zero attached hydrogens (tertiary/aromatic N) is 1. The first-order valence-corrected chi connectivity index (χ1v) is 7.09. The predicted molar refractivity (Wildman–Crippen MR) is 79.7 cm³/mol. The van der Waals surface area contributed by atoms with Crippen LogP contribution in [0.2, 0.25) is 10.0 Å². The largest absolute Gasteiger partial charge is 0.439 e. The van der Waals surface area contributed by atoms with Crippen LogP contribution < -0.4 is 4.74 Å². The highest BCUT2D eigenvalue weighted by molar-refractivity contribution is 6.34. The number of aromatic nitrogens is 1. The molecule has 0 atom stereocenters. The molecule has 2 nitrogen and oxygen atoms in total. The molecule has 0 aliphatic heterocycles. The number of hydrogen-bond donors (Lipinski definition) is 0. The molecule has 0 fully saturated rings. The van der Waals surface area contributed by atoms with E-state index in [1.165, 1.54) is 0 Å². The van der Waals surface area contributed by atoms with E-state index in [-0.39, 0.29) is 0 Å². The lowest BCUT2D eigenvalue weighted by Gasteiger charge is -2.09. The van der Waals surface area contributed by atoms with Gasteiger partial charge in [0.2, 0.25) is 5.88 Å². The van der Waals surface area contributed by atoms with E-state index in [0.29, 0.717) is 27.6 Å². The third-order valence-corrected chi connectivity index (χ3v) is 3.23. The molecule has 5 heteroatoms. The normalized spacial score (nSPS) is 10.5. The summed E-state index contributed by atoms with van der Waals surface area (Å²) in [6, 6.07) is 8.80. The lowest BCUT2D eigenvalue weighted by atomic mass is 10.2. The zero-order valence-corrected chi connectivity index (χ0v) is 12.6. The molecule has 0 saturated carbocycles. The molecule has 0 amide bonds. The van der Waals surface area contributed by atoms with Crippen molar-refractivity contribution in [2.75, 3.05) is 0 Å². The fraction of sp³-hybridized carbons (Fsp3) is 0.214. The third kappa shape index (κ3) is 4.00.